The number of anilines is 2. The standard InChI is InChI=1S/C27H32FN5O3/c1-26(2,28)24(35)32-20-13-16(11-12-29-20)22-23(30-17-9-7-6-8-10-17)21-18(31-22)14-27(3,15-19(21)34)25(36)33(4)5/h6-14,21-23,30-31H,15H2,1-5H3,(H,29,32,35). The summed E-state index contributed by atoms with van der Waals surface area (Å²) in [6, 6.07) is 12.3. The molecule has 4 atom stereocenters. The van der Waals surface area contributed by atoms with Crippen LogP contribution in [0.3, 0.4) is 0 Å². The number of ketones is 1. The fraction of sp³-hybridized carbons (Fsp3) is 0.407. The van der Waals surface area contributed by atoms with E-state index in [4.69, 9.17) is 0 Å². The van der Waals surface area contributed by atoms with Crippen molar-refractivity contribution < 1.29 is 18.8 Å². The third-order valence-corrected chi connectivity index (χ3v) is 6.66. The Morgan fingerprint density at radius 3 is 2.53 bits per heavy atom. The molecule has 0 bridgehead atoms. The van der Waals surface area contributed by atoms with Crippen LogP contribution in [-0.4, -0.2) is 53.3 Å². The van der Waals surface area contributed by atoms with Gasteiger partial charge in [-0.15, -0.1) is 0 Å². The number of para-hydroxylation sites is 1. The molecule has 2 amide bonds. The normalized spacial score (nSPS) is 25.3. The number of halogens is 1. The summed E-state index contributed by atoms with van der Waals surface area (Å²) in [7, 11) is 3.36. The molecule has 190 valence electrons. The molecule has 1 aromatic heterocycles. The Bertz CT molecular complexity index is 1210. The average molecular weight is 494 g/mol. The van der Waals surface area contributed by atoms with E-state index in [1.807, 2.05) is 36.4 Å². The van der Waals surface area contributed by atoms with Gasteiger partial charge in [-0.3, -0.25) is 14.4 Å². The number of hydrogen-bond donors (Lipinski definition) is 3. The van der Waals surface area contributed by atoms with Gasteiger partial charge in [-0.1, -0.05) is 18.2 Å². The van der Waals surface area contributed by atoms with Crippen molar-refractivity contribution in [2.24, 2.45) is 11.3 Å². The second kappa shape index (κ2) is 9.37. The van der Waals surface area contributed by atoms with Crippen molar-refractivity contribution in [2.75, 3.05) is 24.7 Å². The SMILES string of the molecule is CN(C)C(=O)C1(C)C=C2NC(c3ccnc(NC(=O)C(C)(C)F)c3)C(Nc3ccccc3)C2C(=O)C1. The molecule has 0 saturated carbocycles. The van der Waals surface area contributed by atoms with E-state index in [1.54, 1.807) is 33.2 Å². The van der Waals surface area contributed by atoms with E-state index in [0.717, 1.165) is 11.3 Å². The van der Waals surface area contributed by atoms with Gasteiger partial charge in [0.2, 0.25) is 5.91 Å². The van der Waals surface area contributed by atoms with Gasteiger partial charge in [0.05, 0.1) is 23.4 Å². The van der Waals surface area contributed by atoms with Crippen LogP contribution >= 0.6 is 0 Å². The Kier molecular flexibility index (Phi) is 6.60. The number of carbonyl (C=O) groups is 3. The highest BCUT2D eigenvalue weighted by atomic mass is 19.1. The second-order valence-corrected chi connectivity index (χ2v) is 10.4. The number of rotatable bonds is 6. The number of hydrogen-bond acceptors (Lipinski definition) is 6. The van der Waals surface area contributed by atoms with Gasteiger partial charge >= 0.3 is 0 Å². The number of Topliss-reactive ketones (excluding diaryl/α,β-unsaturated/α-hetero) is 1. The number of nitrogens with zero attached hydrogens (tertiary/aromatic N) is 2. The minimum absolute atomic E-state index is 0.0320. The summed E-state index contributed by atoms with van der Waals surface area (Å²) in [6.45, 7) is 4.14. The molecule has 9 heteroatoms. The molecule has 2 aromatic rings. The zero-order valence-corrected chi connectivity index (χ0v) is 21.1. The lowest BCUT2D eigenvalue weighted by molar-refractivity contribution is -0.140. The smallest absolute Gasteiger partial charge is 0.262 e. The van der Waals surface area contributed by atoms with Crippen molar-refractivity contribution in [1.82, 2.24) is 15.2 Å². The van der Waals surface area contributed by atoms with Crippen molar-refractivity contribution in [1.29, 1.82) is 0 Å². The van der Waals surface area contributed by atoms with Gasteiger partial charge in [-0.05, 0) is 56.7 Å². The molecule has 8 nitrogen and oxygen atoms in total. The molecule has 2 aliphatic rings. The molecule has 0 radical (unpaired) electrons. The van der Waals surface area contributed by atoms with Gasteiger partial charge < -0.3 is 20.9 Å². The molecule has 1 aromatic carbocycles. The predicted octanol–water partition coefficient (Wildman–Crippen LogP) is 3.46. The molecular weight excluding hydrogens is 461 g/mol. The highest BCUT2D eigenvalue weighted by Gasteiger charge is 2.51. The summed E-state index contributed by atoms with van der Waals surface area (Å²) in [5, 5.41) is 9.48. The summed E-state index contributed by atoms with van der Waals surface area (Å²) in [5.41, 5.74) is -0.710. The predicted molar refractivity (Wildman–Crippen MR) is 136 cm³/mol. The van der Waals surface area contributed by atoms with E-state index in [0.29, 0.717) is 5.70 Å². The van der Waals surface area contributed by atoms with Crippen LogP contribution in [0, 0.1) is 11.3 Å². The molecular formula is C27H32FN5O3. The monoisotopic (exact) mass is 493 g/mol. The van der Waals surface area contributed by atoms with E-state index >= 15 is 0 Å². The maximum Gasteiger partial charge on any atom is 0.262 e. The van der Waals surface area contributed by atoms with Crippen molar-refractivity contribution in [2.45, 2.75) is 44.9 Å². The van der Waals surface area contributed by atoms with Crippen LogP contribution in [0.2, 0.25) is 0 Å². The second-order valence-electron chi connectivity index (χ2n) is 10.4. The summed E-state index contributed by atoms with van der Waals surface area (Å²) in [4.78, 5) is 44.3. The third kappa shape index (κ3) is 4.96. The molecule has 36 heavy (non-hydrogen) atoms. The average Bonchev–Trinajstić information content (AvgIpc) is 3.16. The van der Waals surface area contributed by atoms with Gasteiger partial charge in [-0.25, -0.2) is 9.37 Å². The molecule has 1 fully saturated rings. The lowest BCUT2D eigenvalue weighted by atomic mass is 9.72. The van der Waals surface area contributed by atoms with E-state index in [-0.39, 0.29) is 36.0 Å². The fourth-order valence-electron chi connectivity index (χ4n) is 4.92. The minimum Gasteiger partial charge on any atom is -0.379 e. The number of amides is 2. The Hall–Kier alpha value is -3.75. The highest BCUT2D eigenvalue weighted by Crippen LogP contribution is 2.45. The molecule has 0 spiro atoms. The number of fused-ring (bicyclic) bond motifs is 1. The molecule has 1 saturated heterocycles. The summed E-state index contributed by atoms with van der Waals surface area (Å²) in [5.74, 6) is -1.24. The van der Waals surface area contributed by atoms with Gasteiger partial charge in [-0.2, -0.15) is 0 Å². The van der Waals surface area contributed by atoms with Crippen LogP contribution in [0.1, 0.15) is 38.8 Å². The maximum atomic E-state index is 14.1. The van der Waals surface area contributed by atoms with Gasteiger partial charge in [0.1, 0.15) is 11.6 Å². The summed E-state index contributed by atoms with van der Waals surface area (Å²) in [6.07, 6.45) is 3.51. The molecule has 1 aliphatic heterocycles. The first-order chi connectivity index (χ1) is 16.9. The quantitative estimate of drug-likeness (QED) is 0.570. The zero-order valence-electron chi connectivity index (χ0n) is 21.1. The van der Waals surface area contributed by atoms with Crippen LogP contribution in [0.25, 0.3) is 0 Å². The molecule has 4 unspecified atom stereocenters. The van der Waals surface area contributed by atoms with Gasteiger partial charge in [0.15, 0.2) is 5.67 Å². The first-order valence-corrected chi connectivity index (χ1v) is 11.9. The van der Waals surface area contributed by atoms with Crippen molar-refractivity contribution in [3.05, 3.63) is 66.0 Å². The lowest BCUT2D eigenvalue weighted by Crippen LogP contribution is -2.44. The van der Waals surface area contributed by atoms with Gasteiger partial charge in [0, 0.05) is 38.1 Å². The lowest BCUT2D eigenvalue weighted by Gasteiger charge is -2.34. The van der Waals surface area contributed by atoms with Crippen molar-refractivity contribution in [3.8, 4) is 0 Å². The van der Waals surface area contributed by atoms with Crippen LogP contribution < -0.4 is 16.0 Å². The Morgan fingerprint density at radius 2 is 1.89 bits per heavy atom. The molecule has 3 N–H and O–H groups in total. The number of nitrogens with one attached hydrogen (secondary N) is 3. The Labute approximate surface area is 210 Å². The van der Waals surface area contributed by atoms with Crippen LogP contribution in [-0.2, 0) is 14.4 Å². The number of aromatic nitrogens is 1. The van der Waals surface area contributed by atoms with E-state index in [2.05, 4.69) is 20.9 Å². The Balaban J connectivity index is 1.73. The highest BCUT2D eigenvalue weighted by molar-refractivity contribution is 5.97. The third-order valence-electron chi connectivity index (χ3n) is 6.66. The van der Waals surface area contributed by atoms with Crippen molar-refractivity contribution >= 4 is 29.1 Å². The van der Waals surface area contributed by atoms with E-state index in [9.17, 15) is 18.8 Å². The Morgan fingerprint density at radius 1 is 1.19 bits per heavy atom. The van der Waals surface area contributed by atoms with Gasteiger partial charge in [0.25, 0.3) is 5.91 Å². The number of alkyl halides is 1. The van der Waals surface area contributed by atoms with Crippen LogP contribution in [0.5, 0.6) is 0 Å². The summed E-state index contributed by atoms with van der Waals surface area (Å²) < 4.78 is 14.1. The topological polar surface area (TPSA) is 103 Å². The van der Waals surface area contributed by atoms with E-state index < -0.39 is 22.9 Å². The molecule has 2 heterocycles. The zero-order chi connectivity index (χ0) is 26.3. The maximum absolute atomic E-state index is 14.1. The first kappa shape index (κ1) is 25.3. The number of carbonyl (C=O) groups excluding carboxylic acids is 3. The van der Waals surface area contributed by atoms with Crippen LogP contribution in [0.4, 0.5) is 15.9 Å². The van der Waals surface area contributed by atoms with E-state index in [1.165, 1.54) is 24.9 Å². The van der Waals surface area contributed by atoms with Crippen LogP contribution in [0.15, 0.2) is 60.4 Å². The largest absolute Gasteiger partial charge is 0.379 e. The number of pyridine rings is 1. The van der Waals surface area contributed by atoms with Crippen molar-refractivity contribution in [3.63, 3.8) is 0 Å². The number of benzene rings is 1. The fourth-order valence-corrected chi connectivity index (χ4v) is 4.92. The molecule has 4 rings (SSSR count). The summed E-state index contributed by atoms with van der Waals surface area (Å²) >= 11 is 0. The minimum atomic E-state index is -2.06. The molecule has 1 aliphatic carbocycles. The first-order valence-electron chi connectivity index (χ1n) is 11.9.